The minimum Gasteiger partial charge on any atom is -0.320 e. The Labute approximate surface area is 219 Å². The topological polar surface area (TPSA) is 76.3 Å². The zero-order valence-corrected chi connectivity index (χ0v) is 21.9. The van der Waals surface area contributed by atoms with Gasteiger partial charge in [-0.05, 0) is 43.5 Å². The van der Waals surface area contributed by atoms with E-state index < -0.39 is 0 Å². The minimum absolute atomic E-state index is 0.0687. The van der Waals surface area contributed by atoms with Crippen LogP contribution in [0.25, 0.3) is 11.8 Å². The molecule has 1 N–H and O–H groups in total. The zero-order chi connectivity index (χ0) is 25.7. The van der Waals surface area contributed by atoms with Gasteiger partial charge >= 0.3 is 0 Å². The molecule has 9 heteroatoms. The molecule has 0 saturated carbocycles. The first-order chi connectivity index (χ1) is 17.4. The molecule has 1 aliphatic rings. The molecule has 1 aliphatic heterocycles. The number of amides is 2. The Morgan fingerprint density at radius 2 is 1.67 bits per heavy atom. The average molecular weight is 521 g/mol. The van der Waals surface area contributed by atoms with Crippen molar-refractivity contribution in [2.45, 2.75) is 32.6 Å². The Bertz CT molecular complexity index is 1360. The smallest absolute Gasteiger partial charge is 0.295 e. The molecule has 0 bridgehead atoms. The fourth-order valence-corrected chi connectivity index (χ4v) is 5.35. The Morgan fingerprint density at radius 3 is 2.36 bits per heavy atom. The van der Waals surface area contributed by atoms with Crippen molar-refractivity contribution in [2.75, 3.05) is 11.9 Å². The Morgan fingerprint density at radius 1 is 1.00 bits per heavy atom. The van der Waals surface area contributed by atoms with Crippen molar-refractivity contribution >= 4 is 51.9 Å². The summed E-state index contributed by atoms with van der Waals surface area (Å²) < 4.78 is 3.84. The SMILES string of the molecule is Cc1c(NC(=O)CCCCCN2C(=O)C(=Cc3ccccc3)SC2=S)c(=O)n(-c2ccccc2)n1C. The maximum Gasteiger partial charge on any atom is 0.295 e. The highest BCUT2D eigenvalue weighted by molar-refractivity contribution is 8.26. The molecule has 0 aliphatic carbocycles. The Hall–Kier alpha value is -3.43. The van der Waals surface area contributed by atoms with Crippen LogP contribution < -0.4 is 10.9 Å². The van der Waals surface area contributed by atoms with Crippen LogP contribution in [0.2, 0.25) is 0 Å². The van der Waals surface area contributed by atoms with Gasteiger partial charge < -0.3 is 5.32 Å². The maximum absolute atomic E-state index is 12.9. The molecule has 4 rings (SSSR count). The van der Waals surface area contributed by atoms with Crippen LogP contribution in [-0.4, -0.2) is 36.9 Å². The molecular formula is C27H28N4O3S2. The number of benzene rings is 2. The zero-order valence-electron chi connectivity index (χ0n) is 20.3. The van der Waals surface area contributed by atoms with Crippen molar-refractivity contribution < 1.29 is 9.59 Å². The minimum atomic E-state index is -0.257. The number of unbranched alkanes of at least 4 members (excludes halogenated alkanes) is 2. The molecule has 0 spiro atoms. The molecule has 1 fully saturated rings. The third-order valence-corrected chi connectivity index (χ3v) is 7.45. The quantitative estimate of drug-likeness (QED) is 0.247. The van der Waals surface area contributed by atoms with Crippen molar-refractivity contribution in [3.63, 3.8) is 0 Å². The lowest BCUT2D eigenvalue weighted by molar-refractivity contribution is -0.122. The molecule has 1 aromatic heterocycles. The van der Waals surface area contributed by atoms with Gasteiger partial charge in [-0.2, -0.15) is 0 Å². The normalized spacial score (nSPS) is 14.6. The highest BCUT2D eigenvalue weighted by Crippen LogP contribution is 2.32. The maximum atomic E-state index is 12.9. The molecule has 36 heavy (non-hydrogen) atoms. The first-order valence-corrected chi connectivity index (χ1v) is 13.0. The second-order valence-electron chi connectivity index (χ2n) is 8.54. The van der Waals surface area contributed by atoms with Crippen LogP contribution in [0.4, 0.5) is 5.69 Å². The molecule has 2 heterocycles. The highest BCUT2D eigenvalue weighted by Gasteiger charge is 2.31. The van der Waals surface area contributed by atoms with E-state index in [4.69, 9.17) is 12.2 Å². The lowest BCUT2D eigenvalue weighted by Crippen LogP contribution is -2.29. The molecule has 7 nitrogen and oxygen atoms in total. The summed E-state index contributed by atoms with van der Waals surface area (Å²) in [5, 5.41) is 2.80. The van der Waals surface area contributed by atoms with E-state index in [2.05, 4.69) is 5.32 Å². The van der Waals surface area contributed by atoms with E-state index in [1.54, 1.807) is 21.3 Å². The van der Waals surface area contributed by atoms with Gasteiger partial charge in [0.2, 0.25) is 5.91 Å². The molecule has 0 unspecified atom stereocenters. The largest absolute Gasteiger partial charge is 0.320 e. The number of carbonyl (C=O) groups excluding carboxylic acids is 2. The molecule has 0 radical (unpaired) electrons. The fourth-order valence-electron chi connectivity index (χ4n) is 4.04. The van der Waals surface area contributed by atoms with Crippen molar-refractivity contribution in [1.82, 2.24) is 14.3 Å². The number of rotatable bonds is 9. The summed E-state index contributed by atoms with van der Waals surface area (Å²) in [4.78, 5) is 40.5. The lowest BCUT2D eigenvalue weighted by Gasteiger charge is -2.14. The summed E-state index contributed by atoms with van der Waals surface area (Å²) in [6.07, 6.45) is 4.32. The number of thiocarbonyl (C=S) groups is 1. The van der Waals surface area contributed by atoms with E-state index in [1.165, 1.54) is 11.8 Å². The molecule has 3 aromatic rings. The molecule has 2 aromatic carbocycles. The predicted molar refractivity (Wildman–Crippen MR) is 149 cm³/mol. The van der Waals surface area contributed by atoms with E-state index in [0.717, 1.165) is 24.1 Å². The Balaban J connectivity index is 1.26. The standard InChI is InChI=1S/C27H28N4O3S2/c1-19-24(26(34)31(29(19)2)21-14-8-4-9-15-21)28-23(32)16-10-5-11-17-30-25(33)22(36-27(30)35)18-20-12-6-3-7-13-20/h3-4,6-9,12-15,18H,5,10-11,16-17H2,1-2H3,(H,28,32). The summed E-state index contributed by atoms with van der Waals surface area (Å²) >= 11 is 6.73. The summed E-state index contributed by atoms with van der Waals surface area (Å²) in [5.41, 5.74) is 2.44. The van der Waals surface area contributed by atoms with Crippen LogP contribution in [-0.2, 0) is 16.6 Å². The van der Waals surface area contributed by atoms with Gasteiger partial charge in [-0.15, -0.1) is 0 Å². The number of para-hydroxylation sites is 1. The summed E-state index contributed by atoms with van der Waals surface area (Å²) in [6.45, 7) is 2.34. The highest BCUT2D eigenvalue weighted by atomic mass is 32.2. The fraction of sp³-hybridized carbons (Fsp3) is 0.259. The van der Waals surface area contributed by atoms with E-state index in [0.29, 0.717) is 40.0 Å². The van der Waals surface area contributed by atoms with Crippen molar-refractivity contribution in [2.24, 2.45) is 7.05 Å². The van der Waals surface area contributed by atoms with Crippen molar-refractivity contribution in [1.29, 1.82) is 0 Å². The van der Waals surface area contributed by atoms with Gasteiger partial charge in [0.05, 0.1) is 16.3 Å². The van der Waals surface area contributed by atoms with Gasteiger partial charge in [0.1, 0.15) is 10.0 Å². The predicted octanol–water partition coefficient (Wildman–Crippen LogP) is 4.88. The van der Waals surface area contributed by atoms with Crippen LogP contribution in [0, 0.1) is 6.92 Å². The van der Waals surface area contributed by atoms with Crippen LogP contribution in [0.3, 0.4) is 0 Å². The molecule has 2 amide bonds. The van der Waals surface area contributed by atoms with Crippen LogP contribution in [0.15, 0.2) is 70.4 Å². The third kappa shape index (κ3) is 5.68. The molecule has 1 saturated heterocycles. The molecule has 186 valence electrons. The Kier molecular flexibility index (Phi) is 8.22. The van der Waals surface area contributed by atoms with Crippen LogP contribution in [0.5, 0.6) is 0 Å². The lowest BCUT2D eigenvalue weighted by atomic mass is 10.1. The number of carbonyl (C=O) groups is 2. The van der Waals surface area contributed by atoms with Gasteiger partial charge in [-0.1, -0.05) is 78.9 Å². The second-order valence-corrected chi connectivity index (χ2v) is 10.2. The average Bonchev–Trinajstić information content (AvgIpc) is 3.26. The summed E-state index contributed by atoms with van der Waals surface area (Å²) in [5.74, 6) is -0.265. The van der Waals surface area contributed by atoms with E-state index in [-0.39, 0.29) is 17.4 Å². The van der Waals surface area contributed by atoms with E-state index >= 15 is 0 Å². The van der Waals surface area contributed by atoms with Crippen LogP contribution >= 0.6 is 24.0 Å². The van der Waals surface area contributed by atoms with E-state index in [9.17, 15) is 14.4 Å². The number of nitrogens with one attached hydrogen (secondary N) is 1. The van der Waals surface area contributed by atoms with Gasteiger partial charge in [0.25, 0.3) is 11.5 Å². The summed E-state index contributed by atoms with van der Waals surface area (Å²) in [7, 11) is 1.79. The number of aromatic nitrogens is 2. The van der Waals surface area contributed by atoms with Gasteiger partial charge in [0.15, 0.2) is 0 Å². The second kappa shape index (κ2) is 11.5. The van der Waals surface area contributed by atoms with E-state index in [1.807, 2.05) is 73.7 Å². The number of hydrogen-bond donors (Lipinski definition) is 1. The first-order valence-electron chi connectivity index (χ1n) is 11.8. The number of thioether (sulfide) groups is 1. The number of nitrogens with zero attached hydrogens (tertiary/aromatic N) is 3. The van der Waals surface area contributed by atoms with Gasteiger partial charge in [-0.25, -0.2) is 4.68 Å². The van der Waals surface area contributed by atoms with Crippen molar-refractivity contribution in [3.8, 4) is 5.69 Å². The monoisotopic (exact) mass is 520 g/mol. The third-order valence-electron chi connectivity index (χ3n) is 6.08. The first kappa shape index (κ1) is 25.7. The molecule has 0 atom stereocenters. The number of anilines is 1. The van der Waals surface area contributed by atoms with Gasteiger partial charge in [0, 0.05) is 20.0 Å². The van der Waals surface area contributed by atoms with Crippen molar-refractivity contribution in [3.05, 3.63) is 87.2 Å². The van der Waals surface area contributed by atoms with Crippen LogP contribution in [0.1, 0.15) is 36.9 Å². The summed E-state index contributed by atoms with van der Waals surface area (Å²) in [6, 6.07) is 19.0. The molecular weight excluding hydrogens is 492 g/mol. The number of hydrogen-bond acceptors (Lipinski definition) is 5. The van der Waals surface area contributed by atoms with Gasteiger partial charge in [-0.3, -0.25) is 24.0 Å².